The summed E-state index contributed by atoms with van der Waals surface area (Å²) < 4.78 is 0. The molecule has 0 bridgehead atoms. The fourth-order valence-corrected chi connectivity index (χ4v) is 5.04. The lowest BCUT2D eigenvalue weighted by molar-refractivity contribution is 0.689. The van der Waals surface area contributed by atoms with E-state index in [4.69, 9.17) is 38.3 Å². The molecule has 1 aliphatic heterocycles. The summed E-state index contributed by atoms with van der Waals surface area (Å²) in [5.41, 5.74) is 6.86. The van der Waals surface area contributed by atoms with Crippen molar-refractivity contribution >= 4 is 45.8 Å². The predicted molar refractivity (Wildman–Crippen MR) is 149 cm³/mol. The van der Waals surface area contributed by atoms with Gasteiger partial charge in [0.25, 0.3) is 0 Å². The molecule has 2 heterocycles. The highest BCUT2D eigenvalue weighted by atomic mass is 35.5. The highest BCUT2D eigenvalue weighted by Crippen LogP contribution is 2.40. The summed E-state index contributed by atoms with van der Waals surface area (Å²) in [6, 6.07) is 32.0. The Hall–Kier alpha value is -3.73. The Labute approximate surface area is 219 Å². The molecule has 1 aliphatic rings. The maximum Gasteiger partial charge on any atom is 0.247 e. The van der Waals surface area contributed by atoms with Crippen molar-refractivity contribution in [3.8, 4) is 11.3 Å². The average molecular weight is 509 g/mol. The zero-order valence-electron chi connectivity index (χ0n) is 19.6. The lowest BCUT2D eigenvalue weighted by Gasteiger charge is -2.23. The standard InChI is InChI=1S/C30H22Cl2N4/c1-19-11-13-20(14-12-19)27-18-28(23-9-5-6-10-25(23)32)36(35-27)30-33-26-16-15-22(31)17-24(26)29(34-30)21-7-3-2-4-8-21/h2-17,28H,18H2,1H3/t28-/m0/s1. The fraction of sp³-hybridized carbons (Fsp3) is 0.100. The third kappa shape index (κ3) is 4.23. The van der Waals surface area contributed by atoms with Crippen LogP contribution in [0, 0.1) is 6.92 Å². The van der Waals surface area contributed by atoms with Crippen molar-refractivity contribution in [2.75, 3.05) is 5.01 Å². The molecule has 0 saturated carbocycles. The third-order valence-electron chi connectivity index (χ3n) is 6.46. The number of fused-ring (bicyclic) bond motifs is 1. The lowest BCUT2D eigenvalue weighted by Crippen LogP contribution is -2.21. The minimum atomic E-state index is -0.136. The first-order valence-corrected chi connectivity index (χ1v) is 12.5. The average Bonchev–Trinajstić information content (AvgIpc) is 3.34. The molecule has 36 heavy (non-hydrogen) atoms. The first-order chi connectivity index (χ1) is 17.6. The van der Waals surface area contributed by atoms with Gasteiger partial charge in [0.2, 0.25) is 5.95 Å². The van der Waals surface area contributed by atoms with Crippen LogP contribution in [0.4, 0.5) is 5.95 Å². The Bertz CT molecular complexity index is 1600. The Morgan fingerprint density at radius 1 is 0.778 bits per heavy atom. The van der Waals surface area contributed by atoms with Crippen LogP contribution in [0.15, 0.2) is 102 Å². The van der Waals surface area contributed by atoms with E-state index in [1.165, 1.54) is 5.56 Å². The highest BCUT2D eigenvalue weighted by molar-refractivity contribution is 6.31. The van der Waals surface area contributed by atoms with Gasteiger partial charge in [0.05, 0.1) is 23.0 Å². The molecule has 0 radical (unpaired) electrons. The summed E-state index contributed by atoms with van der Waals surface area (Å²) in [7, 11) is 0. The second-order valence-electron chi connectivity index (χ2n) is 8.90. The van der Waals surface area contributed by atoms with Crippen LogP contribution in [0.3, 0.4) is 0 Å². The Kier molecular flexibility index (Phi) is 5.92. The van der Waals surface area contributed by atoms with Crippen molar-refractivity contribution in [2.24, 2.45) is 5.10 Å². The molecular weight excluding hydrogens is 487 g/mol. The van der Waals surface area contributed by atoms with Gasteiger partial charge >= 0.3 is 0 Å². The van der Waals surface area contributed by atoms with Gasteiger partial charge < -0.3 is 0 Å². The molecule has 5 aromatic rings. The van der Waals surface area contributed by atoms with E-state index in [1.54, 1.807) is 0 Å². The molecule has 1 aromatic heterocycles. The lowest BCUT2D eigenvalue weighted by atomic mass is 9.98. The van der Waals surface area contributed by atoms with E-state index in [1.807, 2.05) is 77.8 Å². The number of hydrogen-bond acceptors (Lipinski definition) is 4. The van der Waals surface area contributed by atoms with Crippen LogP contribution in [0.25, 0.3) is 22.2 Å². The smallest absolute Gasteiger partial charge is 0.223 e. The van der Waals surface area contributed by atoms with Crippen LogP contribution < -0.4 is 5.01 Å². The molecule has 0 unspecified atom stereocenters. The first-order valence-electron chi connectivity index (χ1n) is 11.8. The molecule has 0 spiro atoms. The topological polar surface area (TPSA) is 41.4 Å². The number of rotatable bonds is 4. The number of nitrogens with zero attached hydrogens (tertiary/aromatic N) is 4. The van der Waals surface area contributed by atoms with Gasteiger partial charge in [-0.25, -0.2) is 15.0 Å². The van der Waals surface area contributed by atoms with Crippen LogP contribution in [0.5, 0.6) is 0 Å². The van der Waals surface area contributed by atoms with E-state index in [0.717, 1.165) is 39.0 Å². The number of benzene rings is 4. The van der Waals surface area contributed by atoms with Crippen molar-refractivity contribution < 1.29 is 0 Å². The maximum atomic E-state index is 6.68. The molecule has 0 saturated heterocycles. The molecule has 0 amide bonds. The van der Waals surface area contributed by atoms with Crippen molar-refractivity contribution in [1.29, 1.82) is 0 Å². The fourth-order valence-electron chi connectivity index (χ4n) is 4.61. The van der Waals surface area contributed by atoms with Gasteiger partial charge in [0.1, 0.15) is 0 Å². The Morgan fingerprint density at radius 3 is 2.31 bits per heavy atom. The number of hydrogen-bond donors (Lipinski definition) is 0. The van der Waals surface area contributed by atoms with Gasteiger partial charge in [-0.3, -0.25) is 0 Å². The largest absolute Gasteiger partial charge is 0.247 e. The molecule has 4 nitrogen and oxygen atoms in total. The Balaban J connectivity index is 1.55. The summed E-state index contributed by atoms with van der Waals surface area (Å²) in [5, 5.41) is 9.21. The summed E-state index contributed by atoms with van der Waals surface area (Å²) in [5.74, 6) is 0.524. The van der Waals surface area contributed by atoms with E-state index in [-0.39, 0.29) is 6.04 Å². The third-order valence-corrected chi connectivity index (χ3v) is 7.04. The summed E-state index contributed by atoms with van der Waals surface area (Å²) >= 11 is 13.0. The molecule has 1 atom stereocenters. The van der Waals surface area contributed by atoms with Gasteiger partial charge in [-0.15, -0.1) is 0 Å². The zero-order chi connectivity index (χ0) is 24.6. The predicted octanol–water partition coefficient (Wildman–Crippen LogP) is 8.27. The van der Waals surface area contributed by atoms with E-state index in [2.05, 4.69) is 31.2 Å². The second-order valence-corrected chi connectivity index (χ2v) is 9.74. The molecule has 0 aliphatic carbocycles. The minimum absolute atomic E-state index is 0.136. The van der Waals surface area contributed by atoms with Gasteiger partial charge in [-0.05, 0) is 42.3 Å². The number of aromatic nitrogens is 2. The van der Waals surface area contributed by atoms with Gasteiger partial charge in [-0.1, -0.05) is 102 Å². The van der Waals surface area contributed by atoms with Gasteiger partial charge in [0.15, 0.2) is 0 Å². The van der Waals surface area contributed by atoms with Crippen LogP contribution >= 0.6 is 23.2 Å². The van der Waals surface area contributed by atoms with E-state index < -0.39 is 0 Å². The van der Waals surface area contributed by atoms with E-state index >= 15 is 0 Å². The first kappa shape index (κ1) is 22.7. The van der Waals surface area contributed by atoms with Crippen molar-refractivity contribution in [2.45, 2.75) is 19.4 Å². The molecule has 176 valence electrons. The van der Waals surface area contributed by atoms with E-state index in [0.29, 0.717) is 22.4 Å². The summed E-state index contributed by atoms with van der Waals surface area (Å²) in [6.07, 6.45) is 0.690. The minimum Gasteiger partial charge on any atom is -0.223 e. The van der Waals surface area contributed by atoms with Gasteiger partial charge in [0, 0.05) is 27.4 Å². The Morgan fingerprint density at radius 2 is 1.53 bits per heavy atom. The number of aryl methyl sites for hydroxylation is 1. The van der Waals surface area contributed by atoms with Crippen LogP contribution in [0.1, 0.15) is 29.2 Å². The maximum absolute atomic E-state index is 6.68. The second kappa shape index (κ2) is 9.38. The summed E-state index contributed by atoms with van der Waals surface area (Å²) in [6.45, 7) is 2.08. The zero-order valence-corrected chi connectivity index (χ0v) is 21.1. The van der Waals surface area contributed by atoms with Crippen LogP contribution in [-0.4, -0.2) is 15.7 Å². The van der Waals surface area contributed by atoms with Gasteiger partial charge in [-0.2, -0.15) is 5.10 Å². The monoisotopic (exact) mass is 508 g/mol. The molecule has 0 N–H and O–H groups in total. The summed E-state index contributed by atoms with van der Waals surface area (Å²) in [4.78, 5) is 9.99. The highest BCUT2D eigenvalue weighted by Gasteiger charge is 2.33. The molecule has 4 aromatic carbocycles. The number of hydrazone groups is 1. The van der Waals surface area contributed by atoms with Crippen molar-refractivity contribution in [3.05, 3.63) is 124 Å². The van der Waals surface area contributed by atoms with Crippen LogP contribution in [0.2, 0.25) is 10.0 Å². The normalized spacial score (nSPS) is 15.4. The molecular formula is C30H22Cl2N4. The van der Waals surface area contributed by atoms with Crippen LogP contribution in [-0.2, 0) is 0 Å². The van der Waals surface area contributed by atoms with Crippen molar-refractivity contribution in [1.82, 2.24) is 9.97 Å². The number of halogens is 2. The van der Waals surface area contributed by atoms with E-state index in [9.17, 15) is 0 Å². The number of anilines is 1. The molecule has 6 heteroatoms. The van der Waals surface area contributed by atoms with Crippen molar-refractivity contribution in [3.63, 3.8) is 0 Å². The molecule has 6 rings (SSSR count). The quantitative estimate of drug-likeness (QED) is 0.245. The molecule has 0 fully saturated rings. The SMILES string of the molecule is Cc1ccc(C2=NN(c3nc(-c4ccccc4)c4cc(Cl)ccc4n3)[C@H](c3ccccc3Cl)C2)cc1.